The number of aryl methyl sites for hydroxylation is 1. The SMILES string of the molecule is CN=C(NCCCc1ccccc1)N(C)Cc1ccccc1OC.I. The van der Waals surface area contributed by atoms with E-state index in [1.807, 2.05) is 32.3 Å². The van der Waals surface area contributed by atoms with Crippen molar-refractivity contribution in [1.82, 2.24) is 10.2 Å². The van der Waals surface area contributed by atoms with Gasteiger partial charge in [-0.1, -0.05) is 48.5 Å². The predicted octanol–water partition coefficient (Wildman–Crippen LogP) is 3.95. The number of nitrogens with one attached hydrogen (secondary N) is 1. The van der Waals surface area contributed by atoms with Crippen molar-refractivity contribution in [2.75, 3.05) is 27.7 Å². The molecule has 0 fully saturated rings. The third-order valence-electron chi connectivity index (χ3n) is 3.94. The first-order valence-electron chi connectivity index (χ1n) is 8.32. The van der Waals surface area contributed by atoms with Crippen LogP contribution in [-0.4, -0.2) is 38.6 Å². The van der Waals surface area contributed by atoms with Crippen LogP contribution in [0.3, 0.4) is 0 Å². The largest absolute Gasteiger partial charge is 0.496 e. The zero-order chi connectivity index (χ0) is 17.2. The monoisotopic (exact) mass is 453 g/mol. The quantitative estimate of drug-likeness (QED) is 0.299. The lowest BCUT2D eigenvalue weighted by molar-refractivity contribution is 0.396. The van der Waals surface area contributed by atoms with Crippen molar-refractivity contribution in [3.63, 3.8) is 0 Å². The first kappa shape index (κ1) is 21.3. The van der Waals surface area contributed by atoms with Gasteiger partial charge in [0.05, 0.1) is 7.11 Å². The molecule has 5 heteroatoms. The average molecular weight is 453 g/mol. The van der Waals surface area contributed by atoms with Gasteiger partial charge in [0.2, 0.25) is 0 Å². The number of halogens is 1. The number of para-hydroxylation sites is 1. The maximum Gasteiger partial charge on any atom is 0.193 e. The molecule has 25 heavy (non-hydrogen) atoms. The number of guanidine groups is 1. The van der Waals surface area contributed by atoms with Crippen LogP contribution in [0, 0.1) is 0 Å². The second-order valence-corrected chi connectivity index (χ2v) is 5.73. The number of aliphatic imine (C=N–C) groups is 1. The minimum atomic E-state index is 0. The highest BCUT2D eigenvalue weighted by Gasteiger charge is 2.09. The number of methoxy groups -OCH3 is 1. The lowest BCUT2D eigenvalue weighted by Gasteiger charge is -2.23. The summed E-state index contributed by atoms with van der Waals surface area (Å²) >= 11 is 0. The van der Waals surface area contributed by atoms with Crippen LogP contribution in [0.15, 0.2) is 59.6 Å². The zero-order valence-electron chi connectivity index (χ0n) is 15.2. The molecule has 0 saturated heterocycles. The first-order valence-corrected chi connectivity index (χ1v) is 8.32. The second kappa shape index (κ2) is 11.7. The molecule has 4 nitrogen and oxygen atoms in total. The third-order valence-corrected chi connectivity index (χ3v) is 3.94. The van der Waals surface area contributed by atoms with Gasteiger partial charge < -0.3 is 15.0 Å². The van der Waals surface area contributed by atoms with Gasteiger partial charge in [-0.3, -0.25) is 4.99 Å². The van der Waals surface area contributed by atoms with Crippen LogP contribution in [-0.2, 0) is 13.0 Å². The van der Waals surface area contributed by atoms with Crippen LogP contribution in [0.1, 0.15) is 17.5 Å². The van der Waals surface area contributed by atoms with E-state index >= 15 is 0 Å². The van der Waals surface area contributed by atoms with E-state index in [1.54, 1.807) is 7.11 Å². The molecule has 0 aliphatic heterocycles. The van der Waals surface area contributed by atoms with Crippen molar-refractivity contribution in [1.29, 1.82) is 0 Å². The molecule has 2 aromatic carbocycles. The average Bonchev–Trinajstić information content (AvgIpc) is 2.63. The molecule has 1 N–H and O–H groups in total. The highest BCUT2D eigenvalue weighted by atomic mass is 127. The Kier molecular flexibility index (Phi) is 9.99. The van der Waals surface area contributed by atoms with Gasteiger partial charge in [0, 0.05) is 32.7 Å². The molecule has 0 bridgehead atoms. The summed E-state index contributed by atoms with van der Waals surface area (Å²) in [5, 5.41) is 3.43. The summed E-state index contributed by atoms with van der Waals surface area (Å²) in [5.74, 6) is 1.80. The summed E-state index contributed by atoms with van der Waals surface area (Å²) in [6.07, 6.45) is 2.15. The van der Waals surface area contributed by atoms with Gasteiger partial charge in [0.1, 0.15) is 5.75 Å². The van der Waals surface area contributed by atoms with Gasteiger partial charge in [-0.05, 0) is 24.5 Å². The lowest BCUT2D eigenvalue weighted by Crippen LogP contribution is -2.39. The van der Waals surface area contributed by atoms with Crippen LogP contribution in [0.4, 0.5) is 0 Å². The van der Waals surface area contributed by atoms with E-state index in [0.717, 1.165) is 43.2 Å². The van der Waals surface area contributed by atoms with E-state index in [2.05, 4.69) is 51.6 Å². The van der Waals surface area contributed by atoms with Crippen molar-refractivity contribution in [3.05, 3.63) is 65.7 Å². The molecule has 0 saturated carbocycles. The zero-order valence-corrected chi connectivity index (χ0v) is 17.6. The highest BCUT2D eigenvalue weighted by molar-refractivity contribution is 14.0. The third kappa shape index (κ3) is 6.94. The fourth-order valence-electron chi connectivity index (χ4n) is 2.69. The predicted molar refractivity (Wildman–Crippen MR) is 116 cm³/mol. The Morgan fingerprint density at radius 2 is 1.76 bits per heavy atom. The minimum Gasteiger partial charge on any atom is -0.496 e. The van der Waals surface area contributed by atoms with E-state index in [0.29, 0.717) is 0 Å². The van der Waals surface area contributed by atoms with E-state index in [9.17, 15) is 0 Å². The number of nitrogens with zero attached hydrogens (tertiary/aromatic N) is 2. The Balaban J connectivity index is 0.00000312. The summed E-state index contributed by atoms with van der Waals surface area (Å²) in [4.78, 5) is 6.49. The van der Waals surface area contributed by atoms with Gasteiger partial charge in [-0.15, -0.1) is 24.0 Å². The van der Waals surface area contributed by atoms with Crippen LogP contribution in [0.2, 0.25) is 0 Å². The number of benzene rings is 2. The molecule has 0 heterocycles. The van der Waals surface area contributed by atoms with E-state index < -0.39 is 0 Å². The Hall–Kier alpha value is -1.76. The number of hydrogen-bond donors (Lipinski definition) is 1. The van der Waals surface area contributed by atoms with E-state index in [-0.39, 0.29) is 24.0 Å². The topological polar surface area (TPSA) is 36.9 Å². The summed E-state index contributed by atoms with van der Waals surface area (Å²) in [6.45, 7) is 1.65. The summed E-state index contributed by atoms with van der Waals surface area (Å²) in [7, 11) is 5.56. The molecule has 0 aromatic heterocycles. The maximum absolute atomic E-state index is 5.42. The molecule has 0 unspecified atom stereocenters. The highest BCUT2D eigenvalue weighted by Crippen LogP contribution is 2.18. The number of rotatable bonds is 7. The molecule has 136 valence electrons. The van der Waals surface area contributed by atoms with Crippen molar-refractivity contribution in [2.45, 2.75) is 19.4 Å². The Morgan fingerprint density at radius 3 is 2.44 bits per heavy atom. The fourth-order valence-corrected chi connectivity index (χ4v) is 2.69. The van der Waals surface area contributed by atoms with Crippen molar-refractivity contribution in [2.24, 2.45) is 4.99 Å². The van der Waals surface area contributed by atoms with Crippen molar-refractivity contribution < 1.29 is 4.74 Å². The molecule has 0 aliphatic carbocycles. The first-order chi connectivity index (χ1) is 11.7. The van der Waals surface area contributed by atoms with Gasteiger partial charge >= 0.3 is 0 Å². The minimum absolute atomic E-state index is 0. The van der Waals surface area contributed by atoms with E-state index in [1.165, 1.54) is 5.56 Å². The molecule has 0 aliphatic rings. The fraction of sp³-hybridized carbons (Fsp3) is 0.350. The number of hydrogen-bond acceptors (Lipinski definition) is 2. The number of ether oxygens (including phenoxy) is 1. The van der Waals surface area contributed by atoms with Crippen LogP contribution >= 0.6 is 24.0 Å². The summed E-state index contributed by atoms with van der Waals surface area (Å²) in [6, 6.07) is 18.6. The van der Waals surface area contributed by atoms with Crippen LogP contribution in [0.5, 0.6) is 5.75 Å². The molecule has 0 spiro atoms. The lowest BCUT2D eigenvalue weighted by atomic mass is 10.1. The maximum atomic E-state index is 5.42. The van der Waals surface area contributed by atoms with Crippen LogP contribution in [0.25, 0.3) is 0 Å². The molecule has 0 atom stereocenters. The van der Waals surface area contributed by atoms with Gasteiger partial charge in [-0.2, -0.15) is 0 Å². The normalized spacial score (nSPS) is 10.8. The molecular formula is C20H28IN3O. The van der Waals surface area contributed by atoms with Gasteiger partial charge in [0.15, 0.2) is 5.96 Å². The standard InChI is InChI=1S/C20H27N3O.HI/c1-21-20(22-15-9-12-17-10-5-4-6-11-17)23(2)16-18-13-7-8-14-19(18)24-3;/h4-8,10-11,13-14H,9,12,15-16H2,1-3H3,(H,21,22);1H. The van der Waals surface area contributed by atoms with Gasteiger partial charge in [-0.25, -0.2) is 0 Å². The molecular weight excluding hydrogens is 425 g/mol. The molecule has 2 rings (SSSR count). The Morgan fingerprint density at radius 1 is 1.08 bits per heavy atom. The molecule has 2 aromatic rings. The summed E-state index contributed by atoms with van der Waals surface area (Å²) in [5.41, 5.74) is 2.52. The van der Waals surface area contributed by atoms with Crippen LogP contribution < -0.4 is 10.1 Å². The van der Waals surface area contributed by atoms with Gasteiger partial charge in [0.25, 0.3) is 0 Å². The molecule has 0 radical (unpaired) electrons. The smallest absolute Gasteiger partial charge is 0.193 e. The molecule has 0 amide bonds. The summed E-state index contributed by atoms with van der Waals surface area (Å²) < 4.78 is 5.42. The Bertz CT molecular complexity index is 646. The Labute approximate surface area is 168 Å². The van der Waals surface area contributed by atoms with E-state index in [4.69, 9.17) is 4.74 Å². The van der Waals surface area contributed by atoms with Crippen molar-refractivity contribution in [3.8, 4) is 5.75 Å². The van der Waals surface area contributed by atoms with Crippen molar-refractivity contribution >= 4 is 29.9 Å². The second-order valence-electron chi connectivity index (χ2n) is 5.73.